The molecule has 1 aliphatic rings. The Morgan fingerprint density at radius 2 is 2.00 bits per heavy atom. The van der Waals surface area contributed by atoms with Crippen LogP contribution in [-0.2, 0) is 0 Å². The highest BCUT2D eigenvalue weighted by molar-refractivity contribution is 6.33. The number of hydrogen-bond acceptors (Lipinski definition) is 1. The number of nitrogens with zero attached hydrogens (tertiary/aromatic N) is 1. The fourth-order valence-electron chi connectivity index (χ4n) is 0.982. The molecule has 0 aromatic carbocycles. The Balaban J connectivity index is 3.01. The average Bonchev–Trinajstić information content (AvgIpc) is 1.97. The fourth-order valence-corrected chi connectivity index (χ4v) is 1.57. The maximum absolute atomic E-state index is 6.05. The molecule has 0 saturated carbocycles. The van der Waals surface area contributed by atoms with E-state index in [2.05, 4.69) is 0 Å². The predicted molar refractivity (Wildman–Crippen MR) is 49.7 cm³/mol. The molecule has 1 nitrogen and oxygen atoms in total. The lowest BCUT2D eigenvalue weighted by Crippen LogP contribution is -2.29. The number of likely N-dealkylation sites (N-methyl/N-ethyl adjacent to an activating group) is 1. The molecule has 1 unspecified atom stereocenters. The molecule has 0 fully saturated rings. The standard InChI is InChI=1S/C8H11Cl2N/c1-5-4-7(9)6(2)8(10)11(5)3/h4,8H,1-3H3. The highest BCUT2D eigenvalue weighted by Gasteiger charge is 2.19. The van der Waals surface area contributed by atoms with Crippen LogP contribution in [0.5, 0.6) is 0 Å². The van der Waals surface area contributed by atoms with Gasteiger partial charge in [-0.15, -0.1) is 0 Å². The fraction of sp³-hybridized carbons (Fsp3) is 0.500. The lowest BCUT2D eigenvalue weighted by atomic mass is 10.1. The third-order valence-electron chi connectivity index (χ3n) is 1.97. The second-order valence-corrected chi connectivity index (χ2v) is 3.58. The van der Waals surface area contributed by atoms with Crippen LogP contribution in [0.15, 0.2) is 22.4 Å². The van der Waals surface area contributed by atoms with Gasteiger partial charge in [-0.1, -0.05) is 23.2 Å². The zero-order valence-corrected chi connectivity index (χ0v) is 8.37. The van der Waals surface area contributed by atoms with Gasteiger partial charge in [0.25, 0.3) is 0 Å². The van der Waals surface area contributed by atoms with Crippen molar-refractivity contribution in [2.75, 3.05) is 7.05 Å². The van der Waals surface area contributed by atoms with Crippen molar-refractivity contribution >= 4 is 23.2 Å². The molecule has 0 amide bonds. The van der Waals surface area contributed by atoms with E-state index < -0.39 is 0 Å². The minimum atomic E-state index is -0.0903. The molecule has 0 radical (unpaired) electrons. The van der Waals surface area contributed by atoms with Crippen molar-refractivity contribution in [1.29, 1.82) is 0 Å². The zero-order chi connectivity index (χ0) is 8.59. The first kappa shape index (κ1) is 8.95. The third-order valence-corrected chi connectivity index (χ3v) is 2.99. The van der Waals surface area contributed by atoms with Crippen molar-refractivity contribution in [2.24, 2.45) is 0 Å². The molecule has 1 aliphatic heterocycles. The van der Waals surface area contributed by atoms with Crippen LogP contribution in [0.2, 0.25) is 0 Å². The monoisotopic (exact) mass is 191 g/mol. The lowest BCUT2D eigenvalue weighted by Gasteiger charge is -2.30. The van der Waals surface area contributed by atoms with E-state index >= 15 is 0 Å². The highest BCUT2D eigenvalue weighted by Crippen LogP contribution is 2.28. The Labute approximate surface area is 77.3 Å². The summed E-state index contributed by atoms with van der Waals surface area (Å²) in [4.78, 5) is 1.99. The van der Waals surface area contributed by atoms with Gasteiger partial charge in [-0.3, -0.25) is 0 Å². The van der Waals surface area contributed by atoms with Crippen molar-refractivity contribution in [3.8, 4) is 0 Å². The summed E-state index contributed by atoms with van der Waals surface area (Å²) in [7, 11) is 1.95. The van der Waals surface area contributed by atoms with Gasteiger partial charge in [0.2, 0.25) is 0 Å². The Kier molecular flexibility index (Phi) is 2.50. The molecule has 0 aromatic heterocycles. The molecule has 62 valence electrons. The molecule has 0 spiro atoms. The highest BCUT2D eigenvalue weighted by atomic mass is 35.5. The summed E-state index contributed by atoms with van der Waals surface area (Å²) < 4.78 is 0. The Morgan fingerprint density at radius 1 is 1.45 bits per heavy atom. The number of alkyl halides is 1. The van der Waals surface area contributed by atoms with Gasteiger partial charge in [0.1, 0.15) is 5.50 Å². The molecular formula is C8H11Cl2N. The molecule has 1 heterocycles. The summed E-state index contributed by atoms with van der Waals surface area (Å²) in [5.74, 6) is 0. The van der Waals surface area contributed by atoms with Gasteiger partial charge in [-0.05, 0) is 25.5 Å². The molecule has 3 heteroatoms. The van der Waals surface area contributed by atoms with Gasteiger partial charge in [-0.2, -0.15) is 0 Å². The molecule has 0 aliphatic carbocycles. The topological polar surface area (TPSA) is 3.24 Å². The second kappa shape index (κ2) is 3.08. The third kappa shape index (κ3) is 1.54. The van der Waals surface area contributed by atoms with Crippen LogP contribution < -0.4 is 0 Å². The van der Waals surface area contributed by atoms with Crippen LogP contribution in [0.1, 0.15) is 13.8 Å². The molecule has 0 bridgehead atoms. The number of halogens is 2. The van der Waals surface area contributed by atoms with E-state index in [0.717, 1.165) is 16.3 Å². The number of allylic oxidation sites excluding steroid dienone is 3. The first-order valence-corrected chi connectivity index (χ1v) is 4.27. The summed E-state index contributed by atoms with van der Waals surface area (Å²) in [6.45, 7) is 3.93. The zero-order valence-electron chi connectivity index (χ0n) is 6.86. The lowest BCUT2D eigenvalue weighted by molar-refractivity contribution is 0.412. The van der Waals surface area contributed by atoms with Crippen LogP contribution in [-0.4, -0.2) is 17.4 Å². The van der Waals surface area contributed by atoms with Crippen LogP contribution in [0, 0.1) is 0 Å². The van der Waals surface area contributed by atoms with E-state index in [4.69, 9.17) is 23.2 Å². The molecule has 1 atom stereocenters. The van der Waals surface area contributed by atoms with E-state index in [-0.39, 0.29) is 5.50 Å². The number of rotatable bonds is 0. The number of hydrogen-bond donors (Lipinski definition) is 0. The van der Waals surface area contributed by atoms with Gasteiger partial charge < -0.3 is 4.90 Å². The van der Waals surface area contributed by atoms with Crippen LogP contribution in [0.3, 0.4) is 0 Å². The van der Waals surface area contributed by atoms with Gasteiger partial charge in [0.05, 0.1) is 0 Å². The maximum atomic E-state index is 6.05. The molecule has 0 aromatic rings. The van der Waals surface area contributed by atoms with Crippen LogP contribution in [0.25, 0.3) is 0 Å². The maximum Gasteiger partial charge on any atom is 0.126 e. The van der Waals surface area contributed by atoms with Gasteiger partial charge in [0.15, 0.2) is 0 Å². The minimum absolute atomic E-state index is 0.0903. The molecule has 0 N–H and O–H groups in total. The summed E-state index contributed by atoms with van der Waals surface area (Å²) in [5.41, 5.74) is 2.02. The van der Waals surface area contributed by atoms with Crippen molar-refractivity contribution < 1.29 is 0 Å². The SMILES string of the molecule is CC1=CC(Cl)=C(C)C(Cl)N1C. The Morgan fingerprint density at radius 3 is 2.55 bits per heavy atom. The molecule has 0 saturated heterocycles. The summed E-state index contributed by atoms with van der Waals surface area (Å²) >= 11 is 12.0. The van der Waals surface area contributed by atoms with E-state index in [1.54, 1.807) is 0 Å². The van der Waals surface area contributed by atoms with Crippen LogP contribution >= 0.6 is 23.2 Å². The Hall–Kier alpha value is -0.140. The quantitative estimate of drug-likeness (QED) is 0.421. The summed E-state index contributed by atoms with van der Waals surface area (Å²) in [5, 5.41) is 0.764. The van der Waals surface area contributed by atoms with Gasteiger partial charge in [0, 0.05) is 17.8 Å². The molecule has 1 rings (SSSR count). The first-order chi connectivity index (χ1) is 5.04. The van der Waals surface area contributed by atoms with E-state index in [1.807, 2.05) is 31.9 Å². The average molecular weight is 192 g/mol. The van der Waals surface area contributed by atoms with E-state index in [0.29, 0.717) is 0 Å². The van der Waals surface area contributed by atoms with Crippen molar-refractivity contribution in [3.05, 3.63) is 22.4 Å². The largest absolute Gasteiger partial charge is 0.358 e. The predicted octanol–water partition coefficient (Wildman–Crippen LogP) is 2.91. The molecule has 11 heavy (non-hydrogen) atoms. The molecular weight excluding hydrogens is 181 g/mol. The smallest absolute Gasteiger partial charge is 0.126 e. The van der Waals surface area contributed by atoms with Gasteiger partial charge in [-0.25, -0.2) is 0 Å². The summed E-state index contributed by atoms with van der Waals surface area (Å²) in [6.07, 6.45) is 1.93. The first-order valence-electron chi connectivity index (χ1n) is 3.45. The Bertz CT molecular complexity index is 230. The van der Waals surface area contributed by atoms with Crippen molar-refractivity contribution in [3.63, 3.8) is 0 Å². The minimum Gasteiger partial charge on any atom is -0.358 e. The second-order valence-electron chi connectivity index (χ2n) is 2.76. The van der Waals surface area contributed by atoms with Crippen molar-refractivity contribution in [1.82, 2.24) is 4.90 Å². The normalized spacial score (nSPS) is 25.7. The summed E-state index contributed by atoms with van der Waals surface area (Å²) in [6, 6.07) is 0. The van der Waals surface area contributed by atoms with Gasteiger partial charge >= 0.3 is 0 Å². The van der Waals surface area contributed by atoms with E-state index in [1.165, 1.54) is 0 Å². The van der Waals surface area contributed by atoms with Crippen LogP contribution in [0.4, 0.5) is 0 Å². The van der Waals surface area contributed by atoms with E-state index in [9.17, 15) is 0 Å². The van der Waals surface area contributed by atoms with Crippen molar-refractivity contribution in [2.45, 2.75) is 19.3 Å².